The molecule has 0 aliphatic heterocycles. The number of carbonyl (C=O) groups is 1. The third kappa shape index (κ3) is 4.99. The van der Waals surface area contributed by atoms with Gasteiger partial charge in [-0.1, -0.05) is 41.9 Å². The van der Waals surface area contributed by atoms with E-state index in [0.29, 0.717) is 28.6 Å². The number of halogens is 1. The van der Waals surface area contributed by atoms with E-state index in [1.54, 1.807) is 37.6 Å². The van der Waals surface area contributed by atoms with E-state index in [1.807, 2.05) is 36.4 Å². The van der Waals surface area contributed by atoms with Crippen LogP contribution in [0, 0.1) is 0 Å². The standard InChI is InChI=1S/C21H20ClN3O2/c1-27-19-9-5-2-6-15(19)10-12-23-20-14-16(11-13-24-20)21(26)25-18-8-4-3-7-17(18)22/h2-9,11,13-14H,10,12H2,1H3,(H,23,24)(H,25,26). The molecule has 2 N–H and O–H groups in total. The topological polar surface area (TPSA) is 63.2 Å². The van der Waals surface area contributed by atoms with Gasteiger partial charge in [0, 0.05) is 18.3 Å². The van der Waals surface area contributed by atoms with E-state index >= 15 is 0 Å². The highest BCUT2D eigenvalue weighted by Gasteiger charge is 2.09. The van der Waals surface area contributed by atoms with Gasteiger partial charge in [0.15, 0.2) is 0 Å². The average Bonchev–Trinajstić information content (AvgIpc) is 2.70. The van der Waals surface area contributed by atoms with Crippen LogP contribution in [-0.2, 0) is 6.42 Å². The smallest absolute Gasteiger partial charge is 0.255 e. The maximum atomic E-state index is 12.5. The van der Waals surface area contributed by atoms with Crippen LogP contribution < -0.4 is 15.4 Å². The van der Waals surface area contributed by atoms with Crippen molar-refractivity contribution in [2.45, 2.75) is 6.42 Å². The first-order valence-electron chi connectivity index (χ1n) is 8.55. The lowest BCUT2D eigenvalue weighted by Gasteiger charge is -2.10. The maximum Gasteiger partial charge on any atom is 0.255 e. The third-order valence-electron chi connectivity index (χ3n) is 4.04. The van der Waals surface area contributed by atoms with Gasteiger partial charge in [-0.3, -0.25) is 4.79 Å². The first-order chi connectivity index (χ1) is 13.2. The van der Waals surface area contributed by atoms with Gasteiger partial charge in [-0.2, -0.15) is 0 Å². The summed E-state index contributed by atoms with van der Waals surface area (Å²) >= 11 is 6.09. The molecular weight excluding hydrogens is 362 g/mol. The number of rotatable bonds is 7. The van der Waals surface area contributed by atoms with Crippen LogP contribution in [0.4, 0.5) is 11.5 Å². The molecule has 2 aromatic carbocycles. The Kier molecular flexibility index (Phi) is 6.28. The lowest BCUT2D eigenvalue weighted by molar-refractivity contribution is 0.102. The molecule has 0 aliphatic rings. The van der Waals surface area contributed by atoms with Gasteiger partial charge in [0.2, 0.25) is 0 Å². The Morgan fingerprint density at radius 3 is 2.70 bits per heavy atom. The summed E-state index contributed by atoms with van der Waals surface area (Å²) in [5.41, 5.74) is 2.19. The second kappa shape index (κ2) is 9.05. The summed E-state index contributed by atoms with van der Waals surface area (Å²) in [6.45, 7) is 0.670. The van der Waals surface area contributed by atoms with E-state index in [1.165, 1.54) is 0 Å². The van der Waals surface area contributed by atoms with Crippen molar-refractivity contribution in [3.63, 3.8) is 0 Å². The Bertz CT molecular complexity index is 931. The van der Waals surface area contributed by atoms with E-state index in [0.717, 1.165) is 17.7 Å². The van der Waals surface area contributed by atoms with Gasteiger partial charge in [0.25, 0.3) is 5.91 Å². The van der Waals surface area contributed by atoms with Crippen molar-refractivity contribution in [3.05, 3.63) is 83.0 Å². The summed E-state index contributed by atoms with van der Waals surface area (Å²) in [5.74, 6) is 1.26. The Morgan fingerprint density at radius 1 is 1.11 bits per heavy atom. The molecule has 1 amide bonds. The van der Waals surface area contributed by atoms with Crippen molar-refractivity contribution in [2.75, 3.05) is 24.3 Å². The summed E-state index contributed by atoms with van der Waals surface area (Å²) in [4.78, 5) is 16.7. The second-order valence-electron chi connectivity index (χ2n) is 5.85. The fourth-order valence-electron chi connectivity index (χ4n) is 2.66. The molecule has 1 heterocycles. The highest BCUT2D eigenvalue weighted by molar-refractivity contribution is 6.33. The number of ether oxygens (including phenoxy) is 1. The molecule has 0 radical (unpaired) electrons. The first-order valence-corrected chi connectivity index (χ1v) is 8.93. The lowest BCUT2D eigenvalue weighted by Crippen LogP contribution is -2.13. The van der Waals surface area contributed by atoms with Crippen molar-refractivity contribution in [1.82, 2.24) is 4.98 Å². The van der Waals surface area contributed by atoms with Crippen LogP contribution in [0.3, 0.4) is 0 Å². The highest BCUT2D eigenvalue weighted by atomic mass is 35.5. The Balaban J connectivity index is 1.62. The maximum absolute atomic E-state index is 12.5. The Labute approximate surface area is 163 Å². The number of methoxy groups -OCH3 is 1. The van der Waals surface area contributed by atoms with Gasteiger partial charge >= 0.3 is 0 Å². The molecule has 27 heavy (non-hydrogen) atoms. The van der Waals surface area contributed by atoms with Gasteiger partial charge < -0.3 is 15.4 Å². The quantitative estimate of drug-likeness (QED) is 0.625. The molecule has 0 spiro atoms. The molecule has 3 aromatic rings. The van der Waals surface area contributed by atoms with Gasteiger partial charge in [-0.25, -0.2) is 4.98 Å². The summed E-state index contributed by atoms with van der Waals surface area (Å²) in [6, 6.07) is 18.4. The zero-order valence-corrected chi connectivity index (χ0v) is 15.7. The molecule has 0 unspecified atom stereocenters. The highest BCUT2D eigenvalue weighted by Crippen LogP contribution is 2.21. The van der Waals surface area contributed by atoms with E-state index in [2.05, 4.69) is 15.6 Å². The Morgan fingerprint density at radius 2 is 1.89 bits per heavy atom. The van der Waals surface area contributed by atoms with Gasteiger partial charge in [0.05, 0.1) is 17.8 Å². The summed E-state index contributed by atoms with van der Waals surface area (Å²) < 4.78 is 5.36. The number of nitrogens with zero attached hydrogens (tertiary/aromatic N) is 1. The van der Waals surface area contributed by atoms with Crippen LogP contribution >= 0.6 is 11.6 Å². The molecule has 138 valence electrons. The number of anilines is 2. The van der Waals surface area contributed by atoms with E-state index in [4.69, 9.17) is 16.3 Å². The average molecular weight is 382 g/mol. The number of hydrogen-bond acceptors (Lipinski definition) is 4. The fourth-order valence-corrected chi connectivity index (χ4v) is 2.84. The zero-order chi connectivity index (χ0) is 19.1. The molecule has 3 rings (SSSR count). The summed E-state index contributed by atoms with van der Waals surface area (Å²) in [7, 11) is 1.66. The monoisotopic (exact) mass is 381 g/mol. The van der Waals surface area contributed by atoms with Crippen LogP contribution in [0.5, 0.6) is 5.75 Å². The van der Waals surface area contributed by atoms with Crippen LogP contribution in [0.2, 0.25) is 5.02 Å². The van der Waals surface area contributed by atoms with Gasteiger partial charge in [0.1, 0.15) is 11.6 Å². The minimum Gasteiger partial charge on any atom is -0.496 e. The zero-order valence-electron chi connectivity index (χ0n) is 14.9. The molecular formula is C21H20ClN3O2. The number of benzene rings is 2. The Hall–Kier alpha value is -3.05. The molecule has 0 saturated heterocycles. The number of nitrogens with one attached hydrogen (secondary N) is 2. The first kappa shape index (κ1) is 18.7. The van der Waals surface area contributed by atoms with Crippen LogP contribution in [0.15, 0.2) is 66.9 Å². The normalized spacial score (nSPS) is 10.3. The number of hydrogen-bond donors (Lipinski definition) is 2. The van der Waals surface area contributed by atoms with Crippen LogP contribution in [-0.4, -0.2) is 24.5 Å². The molecule has 0 bridgehead atoms. The fraction of sp³-hybridized carbons (Fsp3) is 0.143. The van der Waals surface area contributed by atoms with Crippen LogP contribution in [0.25, 0.3) is 0 Å². The van der Waals surface area contributed by atoms with E-state index < -0.39 is 0 Å². The number of aromatic nitrogens is 1. The predicted octanol–water partition coefficient (Wildman–Crippen LogP) is 4.65. The second-order valence-corrected chi connectivity index (χ2v) is 6.26. The van der Waals surface area contributed by atoms with Crippen molar-refractivity contribution >= 4 is 29.0 Å². The van der Waals surface area contributed by atoms with Gasteiger partial charge in [-0.15, -0.1) is 0 Å². The number of carbonyl (C=O) groups excluding carboxylic acids is 1. The van der Waals surface area contributed by atoms with E-state index in [-0.39, 0.29) is 5.91 Å². The van der Waals surface area contributed by atoms with Crippen molar-refractivity contribution in [2.24, 2.45) is 0 Å². The summed E-state index contributed by atoms with van der Waals surface area (Å²) in [5, 5.41) is 6.55. The minimum atomic E-state index is -0.238. The van der Waals surface area contributed by atoms with E-state index in [9.17, 15) is 4.79 Å². The summed E-state index contributed by atoms with van der Waals surface area (Å²) in [6.07, 6.45) is 2.38. The van der Waals surface area contributed by atoms with Crippen molar-refractivity contribution in [1.29, 1.82) is 0 Å². The molecule has 0 fully saturated rings. The molecule has 1 aromatic heterocycles. The molecule has 0 saturated carbocycles. The largest absolute Gasteiger partial charge is 0.496 e. The third-order valence-corrected chi connectivity index (χ3v) is 4.37. The molecule has 6 heteroatoms. The minimum absolute atomic E-state index is 0.238. The molecule has 0 atom stereocenters. The SMILES string of the molecule is COc1ccccc1CCNc1cc(C(=O)Nc2ccccc2Cl)ccn1. The predicted molar refractivity (Wildman–Crippen MR) is 109 cm³/mol. The van der Waals surface area contributed by atoms with Gasteiger partial charge in [-0.05, 0) is 42.3 Å². The number of pyridine rings is 1. The molecule has 0 aliphatic carbocycles. The van der Waals surface area contributed by atoms with Crippen molar-refractivity contribution < 1.29 is 9.53 Å². The number of amides is 1. The lowest BCUT2D eigenvalue weighted by atomic mass is 10.1. The molecule has 5 nitrogen and oxygen atoms in total. The number of para-hydroxylation sites is 2. The van der Waals surface area contributed by atoms with Crippen LogP contribution in [0.1, 0.15) is 15.9 Å². The van der Waals surface area contributed by atoms with Crippen molar-refractivity contribution in [3.8, 4) is 5.75 Å².